The molecule has 12 heavy (non-hydrogen) atoms. The van der Waals surface area contributed by atoms with Crippen molar-refractivity contribution in [3.8, 4) is 0 Å². The number of nitrogens with one attached hydrogen (secondary N) is 1. The summed E-state index contributed by atoms with van der Waals surface area (Å²) in [4.78, 5) is 0.936. The fourth-order valence-electron chi connectivity index (χ4n) is 1.18. The lowest BCUT2D eigenvalue weighted by atomic mass is 10.2. The van der Waals surface area contributed by atoms with Gasteiger partial charge in [-0.1, -0.05) is 0 Å². The van der Waals surface area contributed by atoms with Crippen molar-refractivity contribution < 1.29 is 14.2 Å². The summed E-state index contributed by atoms with van der Waals surface area (Å²) in [6.07, 6.45) is 1.52. The van der Waals surface area contributed by atoms with Crippen molar-refractivity contribution >= 4 is 0 Å². The van der Waals surface area contributed by atoms with Crippen LogP contribution in [0.25, 0.3) is 0 Å². The van der Waals surface area contributed by atoms with Gasteiger partial charge in [0.05, 0.1) is 24.4 Å². The Morgan fingerprint density at radius 2 is 2.67 bits per heavy atom. The van der Waals surface area contributed by atoms with Crippen LogP contribution in [0.3, 0.4) is 0 Å². The first kappa shape index (κ1) is 7.51. The van der Waals surface area contributed by atoms with Crippen molar-refractivity contribution in [3.05, 3.63) is 12.0 Å². The number of rotatable bonds is 1. The van der Waals surface area contributed by atoms with E-state index in [0.717, 1.165) is 23.8 Å². The van der Waals surface area contributed by atoms with Crippen LogP contribution in [0.1, 0.15) is 11.7 Å². The summed E-state index contributed by atoms with van der Waals surface area (Å²) >= 11 is 0. The Bertz CT molecular complexity index is 256. The van der Waals surface area contributed by atoms with Crippen LogP contribution in [-0.4, -0.2) is 24.9 Å². The van der Waals surface area contributed by atoms with Gasteiger partial charge in [0, 0.05) is 6.54 Å². The molecule has 0 bridgehead atoms. The molecule has 0 aliphatic carbocycles. The standard InChI is InChI=1S/C6H11N4O2/c7-10-9-6(4-12-10)5-3-11-2-1-8-5/h4-5,8H,1-3H2,(H2,7,9)/q+1. The van der Waals surface area contributed by atoms with Gasteiger partial charge in [-0.2, -0.15) is 4.52 Å². The topological polar surface area (TPSA) is 77.2 Å². The van der Waals surface area contributed by atoms with Gasteiger partial charge in [0.1, 0.15) is 0 Å². The molecule has 0 spiro atoms. The largest absolute Gasteiger partial charge is 0.378 e. The lowest BCUT2D eigenvalue weighted by Crippen LogP contribution is -2.46. The van der Waals surface area contributed by atoms with E-state index in [-0.39, 0.29) is 6.04 Å². The Morgan fingerprint density at radius 3 is 3.25 bits per heavy atom. The Morgan fingerprint density at radius 1 is 1.75 bits per heavy atom. The second-order valence-corrected chi connectivity index (χ2v) is 2.63. The number of ether oxygens (including phenoxy) is 1. The quantitative estimate of drug-likeness (QED) is 0.390. The van der Waals surface area contributed by atoms with E-state index in [9.17, 15) is 0 Å². The molecule has 6 heteroatoms. The van der Waals surface area contributed by atoms with Crippen LogP contribution < -0.4 is 16.1 Å². The Labute approximate surface area is 69.2 Å². The number of nitrogens with zero attached hydrogens (tertiary/aromatic N) is 2. The van der Waals surface area contributed by atoms with Crippen LogP contribution in [-0.2, 0) is 4.74 Å². The number of hydrogen-bond acceptors (Lipinski definition) is 5. The van der Waals surface area contributed by atoms with Crippen LogP contribution in [0.15, 0.2) is 10.8 Å². The number of nitrogens with two attached hydrogens (primary N) is 1. The predicted octanol–water partition coefficient (Wildman–Crippen LogP) is -1.66. The van der Waals surface area contributed by atoms with Gasteiger partial charge in [-0.05, 0) is 0 Å². The molecule has 0 amide bonds. The monoisotopic (exact) mass is 171 g/mol. The van der Waals surface area contributed by atoms with E-state index in [1.807, 2.05) is 0 Å². The molecule has 1 aliphatic heterocycles. The predicted molar refractivity (Wildman–Crippen MR) is 38.4 cm³/mol. The van der Waals surface area contributed by atoms with Crippen molar-refractivity contribution in [2.24, 2.45) is 0 Å². The van der Waals surface area contributed by atoms with Crippen LogP contribution in [0.4, 0.5) is 0 Å². The van der Waals surface area contributed by atoms with E-state index in [0.29, 0.717) is 6.61 Å². The van der Waals surface area contributed by atoms with Crippen LogP contribution in [0.5, 0.6) is 0 Å². The van der Waals surface area contributed by atoms with E-state index in [2.05, 4.69) is 10.4 Å². The summed E-state index contributed by atoms with van der Waals surface area (Å²) in [5.74, 6) is 5.26. The van der Waals surface area contributed by atoms with E-state index in [4.69, 9.17) is 15.1 Å². The first-order chi connectivity index (χ1) is 5.86. The molecule has 1 aromatic heterocycles. The Hall–Kier alpha value is -1.14. The van der Waals surface area contributed by atoms with Gasteiger partial charge >= 0.3 is 0 Å². The number of nitrogen functional groups attached to an aromatic ring is 1. The number of hydrogen-bond donors (Lipinski definition) is 2. The fourth-order valence-corrected chi connectivity index (χ4v) is 1.18. The highest BCUT2D eigenvalue weighted by Gasteiger charge is 2.22. The zero-order chi connectivity index (χ0) is 8.39. The molecule has 1 unspecified atom stereocenters. The third-order valence-electron chi connectivity index (χ3n) is 1.77. The van der Waals surface area contributed by atoms with E-state index >= 15 is 0 Å². The van der Waals surface area contributed by atoms with Crippen molar-refractivity contribution in [2.45, 2.75) is 6.04 Å². The fraction of sp³-hybridized carbons (Fsp3) is 0.667. The molecule has 6 nitrogen and oxygen atoms in total. The molecule has 0 radical (unpaired) electrons. The summed E-state index contributed by atoms with van der Waals surface area (Å²) in [5.41, 5.74) is 0.775. The maximum absolute atomic E-state index is 5.26. The summed E-state index contributed by atoms with van der Waals surface area (Å²) < 4.78 is 10.1. The van der Waals surface area contributed by atoms with Gasteiger partial charge in [0.15, 0.2) is 5.69 Å². The summed E-state index contributed by atoms with van der Waals surface area (Å²) in [7, 11) is 0. The zero-order valence-corrected chi connectivity index (χ0v) is 6.56. The maximum Gasteiger partial charge on any atom is 0.227 e. The average molecular weight is 171 g/mol. The third kappa shape index (κ3) is 1.39. The molecule has 1 fully saturated rings. The summed E-state index contributed by atoms with van der Waals surface area (Å²) in [5, 5.41) is 7.15. The highest BCUT2D eigenvalue weighted by atomic mass is 16.5. The van der Waals surface area contributed by atoms with Crippen molar-refractivity contribution in [1.82, 2.24) is 10.4 Å². The van der Waals surface area contributed by atoms with Gasteiger partial charge < -0.3 is 10.1 Å². The van der Waals surface area contributed by atoms with Crippen molar-refractivity contribution in [3.63, 3.8) is 0 Å². The number of aromatic nitrogens is 2. The zero-order valence-electron chi connectivity index (χ0n) is 6.56. The Balaban J connectivity index is 2.08. The number of morpholine rings is 1. The molecule has 0 aromatic carbocycles. The second-order valence-electron chi connectivity index (χ2n) is 2.63. The minimum atomic E-state index is 0.104. The van der Waals surface area contributed by atoms with Crippen LogP contribution in [0, 0.1) is 0 Å². The molecule has 3 N–H and O–H groups in total. The molecule has 1 saturated heterocycles. The SMILES string of the molecule is N[n+]1nc(C2COCCN2)co1. The average Bonchev–Trinajstić information content (AvgIpc) is 2.54. The first-order valence-corrected chi connectivity index (χ1v) is 3.81. The van der Waals surface area contributed by atoms with Crippen molar-refractivity contribution in [1.29, 1.82) is 0 Å². The van der Waals surface area contributed by atoms with E-state index in [1.54, 1.807) is 0 Å². The van der Waals surface area contributed by atoms with Crippen LogP contribution >= 0.6 is 0 Å². The molecule has 2 rings (SSSR count). The summed E-state index contributed by atoms with van der Waals surface area (Å²) in [6, 6.07) is 0.104. The lowest BCUT2D eigenvalue weighted by molar-refractivity contribution is -0.866. The Kier molecular flexibility index (Phi) is 1.92. The highest BCUT2D eigenvalue weighted by molar-refractivity contribution is 4.97. The van der Waals surface area contributed by atoms with E-state index in [1.165, 1.54) is 6.26 Å². The van der Waals surface area contributed by atoms with Gasteiger partial charge in [0.25, 0.3) is 0 Å². The van der Waals surface area contributed by atoms with Crippen LogP contribution in [0.2, 0.25) is 0 Å². The highest BCUT2D eigenvalue weighted by Crippen LogP contribution is 2.10. The summed E-state index contributed by atoms with van der Waals surface area (Å²) in [6.45, 7) is 2.20. The minimum Gasteiger partial charge on any atom is -0.378 e. The third-order valence-corrected chi connectivity index (χ3v) is 1.77. The molecule has 0 saturated carbocycles. The van der Waals surface area contributed by atoms with Gasteiger partial charge in [-0.3, -0.25) is 0 Å². The second kappa shape index (κ2) is 3.08. The van der Waals surface area contributed by atoms with Gasteiger partial charge in [0.2, 0.25) is 11.2 Å². The van der Waals surface area contributed by atoms with Gasteiger partial charge in [-0.25, -0.2) is 0 Å². The molecule has 1 atom stereocenters. The molecule has 66 valence electrons. The maximum atomic E-state index is 5.26. The van der Waals surface area contributed by atoms with Crippen molar-refractivity contribution in [2.75, 3.05) is 25.6 Å². The normalized spacial score (nSPS) is 24.2. The molecular weight excluding hydrogens is 160 g/mol. The van der Waals surface area contributed by atoms with Gasteiger partial charge in [-0.15, -0.1) is 5.84 Å². The minimum absolute atomic E-state index is 0.104. The lowest BCUT2D eigenvalue weighted by Gasteiger charge is -2.20. The molecule has 2 heterocycles. The smallest absolute Gasteiger partial charge is 0.227 e. The molecule has 1 aliphatic rings. The molecule has 1 aromatic rings. The first-order valence-electron chi connectivity index (χ1n) is 3.81. The molecular formula is C6H11N4O2+. The van der Waals surface area contributed by atoms with E-state index < -0.39 is 0 Å².